The van der Waals surface area contributed by atoms with E-state index in [9.17, 15) is 14.4 Å². The van der Waals surface area contributed by atoms with Crippen LogP contribution in [0.4, 0.5) is 4.79 Å². The first-order valence-electron chi connectivity index (χ1n) is 7.12. The highest BCUT2D eigenvalue weighted by atomic mass is 32.2. The summed E-state index contributed by atoms with van der Waals surface area (Å²) >= 11 is 3.80. The van der Waals surface area contributed by atoms with Gasteiger partial charge in [0, 0.05) is 0 Å². The number of hydrogen-bond acceptors (Lipinski definition) is 6. The summed E-state index contributed by atoms with van der Waals surface area (Å²) < 4.78 is 5.41. The summed E-state index contributed by atoms with van der Waals surface area (Å²) in [6.07, 6.45) is 0.126. The predicted octanol–water partition coefficient (Wildman–Crippen LogP) is 2.30. The Hall–Kier alpha value is -1.67. The average molecular weight is 354 g/mol. The number of ether oxygens (including phenoxy) is 1. The van der Waals surface area contributed by atoms with Gasteiger partial charge in [0.05, 0.1) is 10.1 Å². The topological polar surface area (TPSA) is 98.5 Å². The van der Waals surface area contributed by atoms with Gasteiger partial charge in [0.15, 0.2) is 6.10 Å². The Bertz CT molecular complexity index is 586. The standard InChI is InChI=1S/C15H18N2O4S2/c1-9(12(18)17-15(16)20)21-13(19)10-3-5-11(6-4-10)14-22-7-2-8-23-14/h3-6,9,14H,2,7-8H2,1H3,(H3,16,17,18,20)/t9-/m1/s1. The second-order valence-electron chi connectivity index (χ2n) is 4.95. The lowest BCUT2D eigenvalue weighted by molar-refractivity contribution is -0.127. The number of imide groups is 1. The molecule has 3 N–H and O–H groups in total. The number of carbonyl (C=O) groups excluding carboxylic acids is 3. The monoisotopic (exact) mass is 354 g/mol. The molecule has 8 heteroatoms. The number of urea groups is 1. The third kappa shape index (κ3) is 5.18. The van der Waals surface area contributed by atoms with Crippen LogP contribution in [0.1, 0.15) is 33.8 Å². The van der Waals surface area contributed by atoms with Gasteiger partial charge in [-0.2, -0.15) is 0 Å². The summed E-state index contributed by atoms with van der Waals surface area (Å²) in [5.74, 6) is 0.923. The second kappa shape index (κ2) is 8.26. The minimum atomic E-state index is -1.10. The van der Waals surface area contributed by atoms with Gasteiger partial charge in [-0.05, 0) is 42.5 Å². The Morgan fingerprint density at radius 3 is 2.39 bits per heavy atom. The minimum Gasteiger partial charge on any atom is -0.449 e. The van der Waals surface area contributed by atoms with Crippen LogP contribution >= 0.6 is 23.5 Å². The first-order chi connectivity index (χ1) is 11.0. The van der Waals surface area contributed by atoms with E-state index in [4.69, 9.17) is 10.5 Å². The predicted molar refractivity (Wildman–Crippen MR) is 91.3 cm³/mol. The summed E-state index contributed by atoms with van der Waals surface area (Å²) in [5.41, 5.74) is 6.37. The third-order valence-electron chi connectivity index (χ3n) is 3.15. The van der Waals surface area contributed by atoms with Crippen molar-refractivity contribution in [3.05, 3.63) is 35.4 Å². The van der Waals surface area contributed by atoms with Crippen LogP contribution in [-0.2, 0) is 9.53 Å². The molecule has 1 fully saturated rings. The van der Waals surface area contributed by atoms with Crippen molar-refractivity contribution in [3.63, 3.8) is 0 Å². The molecule has 0 unspecified atom stereocenters. The number of amides is 3. The van der Waals surface area contributed by atoms with Crippen LogP contribution in [0.2, 0.25) is 0 Å². The number of esters is 1. The van der Waals surface area contributed by atoms with Crippen LogP contribution in [-0.4, -0.2) is 35.5 Å². The van der Waals surface area contributed by atoms with Gasteiger partial charge in [-0.25, -0.2) is 9.59 Å². The molecule has 0 bridgehead atoms. The van der Waals surface area contributed by atoms with E-state index in [-0.39, 0.29) is 0 Å². The van der Waals surface area contributed by atoms with Crippen molar-refractivity contribution in [1.29, 1.82) is 0 Å². The highest BCUT2D eigenvalue weighted by molar-refractivity contribution is 8.16. The van der Waals surface area contributed by atoms with E-state index < -0.39 is 24.0 Å². The number of carbonyl (C=O) groups is 3. The van der Waals surface area contributed by atoms with Gasteiger partial charge in [0.1, 0.15) is 0 Å². The number of nitrogens with two attached hydrogens (primary N) is 1. The molecule has 124 valence electrons. The number of thioether (sulfide) groups is 2. The van der Waals surface area contributed by atoms with Gasteiger partial charge in [0.25, 0.3) is 5.91 Å². The molecule has 1 aliphatic rings. The average Bonchev–Trinajstić information content (AvgIpc) is 2.55. The van der Waals surface area contributed by atoms with Crippen LogP contribution in [0.5, 0.6) is 0 Å². The zero-order chi connectivity index (χ0) is 16.8. The Kier molecular flexibility index (Phi) is 6.35. The molecule has 3 amide bonds. The summed E-state index contributed by atoms with van der Waals surface area (Å²) in [6, 6.07) is 6.20. The third-order valence-corrected chi connectivity index (χ3v) is 6.16. The summed E-state index contributed by atoms with van der Waals surface area (Å²) in [5, 5.41) is 1.87. The fraction of sp³-hybridized carbons (Fsp3) is 0.400. The lowest BCUT2D eigenvalue weighted by Crippen LogP contribution is -2.42. The summed E-state index contributed by atoms with van der Waals surface area (Å²) in [6.45, 7) is 1.37. The molecule has 1 aromatic rings. The lowest BCUT2D eigenvalue weighted by Gasteiger charge is -2.21. The van der Waals surface area contributed by atoms with Crippen molar-refractivity contribution in [3.8, 4) is 0 Å². The fourth-order valence-electron chi connectivity index (χ4n) is 1.96. The van der Waals surface area contributed by atoms with E-state index in [1.54, 1.807) is 12.1 Å². The molecule has 23 heavy (non-hydrogen) atoms. The van der Waals surface area contributed by atoms with Crippen molar-refractivity contribution in [2.75, 3.05) is 11.5 Å². The quantitative estimate of drug-likeness (QED) is 0.805. The van der Waals surface area contributed by atoms with Crippen LogP contribution in [0.3, 0.4) is 0 Å². The molecule has 1 aromatic carbocycles. The van der Waals surface area contributed by atoms with Crippen molar-refractivity contribution < 1.29 is 19.1 Å². The van der Waals surface area contributed by atoms with Gasteiger partial charge >= 0.3 is 12.0 Å². The van der Waals surface area contributed by atoms with Crippen molar-refractivity contribution in [2.24, 2.45) is 5.73 Å². The molecule has 6 nitrogen and oxygen atoms in total. The van der Waals surface area contributed by atoms with Crippen LogP contribution < -0.4 is 11.1 Å². The van der Waals surface area contributed by atoms with E-state index in [2.05, 4.69) is 0 Å². The molecule has 0 aliphatic carbocycles. The van der Waals surface area contributed by atoms with Crippen molar-refractivity contribution in [1.82, 2.24) is 5.32 Å². The van der Waals surface area contributed by atoms with Crippen LogP contribution in [0.25, 0.3) is 0 Å². The Morgan fingerprint density at radius 2 is 1.83 bits per heavy atom. The minimum absolute atomic E-state index is 0.360. The number of rotatable bonds is 4. The van der Waals surface area contributed by atoms with E-state index in [0.717, 1.165) is 17.1 Å². The highest BCUT2D eigenvalue weighted by Crippen LogP contribution is 2.43. The normalized spacial score (nSPS) is 16.4. The zero-order valence-corrected chi connectivity index (χ0v) is 14.2. The molecule has 0 spiro atoms. The maximum absolute atomic E-state index is 12.0. The number of hydrogen-bond donors (Lipinski definition) is 2. The fourth-order valence-corrected chi connectivity index (χ4v) is 4.86. The van der Waals surface area contributed by atoms with Crippen LogP contribution in [0.15, 0.2) is 24.3 Å². The van der Waals surface area contributed by atoms with Crippen LogP contribution in [0, 0.1) is 0 Å². The maximum Gasteiger partial charge on any atom is 0.338 e. The molecule has 1 aliphatic heterocycles. The molecule has 1 atom stereocenters. The van der Waals surface area contributed by atoms with Gasteiger partial charge in [0.2, 0.25) is 0 Å². The van der Waals surface area contributed by atoms with E-state index in [1.165, 1.54) is 13.3 Å². The summed E-state index contributed by atoms with van der Waals surface area (Å²) in [7, 11) is 0. The van der Waals surface area contributed by atoms with Gasteiger partial charge in [-0.1, -0.05) is 12.1 Å². The van der Waals surface area contributed by atoms with Gasteiger partial charge < -0.3 is 10.5 Å². The molecule has 0 saturated carbocycles. The first-order valence-corrected chi connectivity index (χ1v) is 9.21. The Balaban J connectivity index is 1.94. The molecule has 0 aromatic heterocycles. The smallest absolute Gasteiger partial charge is 0.338 e. The highest BCUT2D eigenvalue weighted by Gasteiger charge is 2.21. The van der Waals surface area contributed by atoms with Crippen molar-refractivity contribution in [2.45, 2.75) is 24.0 Å². The van der Waals surface area contributed by atoms with E-state index in [1.807, 2.05) is 41.0 Å². The maximum atomic E-state index is 12.0. The Morgan fingerprint density at radius 1 is 1.22 bits per heavy atom. The van der Waals surface area contributed by atoms with E-state index in [0.29, 0.717) is 10.1 Å². The zero-order valence-electron chi connectivity index (χ0n) is 12.6. The number of primary amides is 1. The first kappa shape index (κ1) is 17.7. The Labute approximate surface area is 142 Å². The van der Waals surface area contributed by atoms with Gasteiger partial charge in [-0.3, -0.25) is 10.1 Å². The molecule has 2 rings (SSSR count). The summed E-state index contributed by atoms with van der Waals surface area (Å²) in [4.78, 5) is 34.1. The number of benzene rings is 1. The largest absolute Gasteiger partial charge is 0.449 e. The molecule has 0 radical (unpaired) electrons. The van der Waals surface area contributed by atoms with Gasteiger partial charge in [-0.15, -0.1) is 23.5 Å². The molecule has 1 saturated heterocycles. The number of nitrogens with one attached hydrogen (secondary N) is 1. The van der Waals surface area contributed by atoms with Crippen molar-refractivity contribution >= 4 is 41.4 Å². The van der Waals surface area contributed by atoms with E-state index >= 15 is 0 Å². The molecular weight excluding hydrogens is 336 g/mol. The second-order valence-corrected chi connectivity index (χ2v) is 7.67. The lowest BCUT2D eigenvalue weighted by atomic mass is 10.1. The molecular formula is C15H18N2O4S2. The SMILES string of the molecule is C[C@@H](OC(=O)c1ccc(C2SCCCS2)cc1)C(=O)NC(N)=O. The molecule has 1 heterocycles.